The van der Waals surface area contributed by atoms with E-state index in [0.717, 1.165) is 5.56 Å². The molecule has 0 amide bonds. The van der Waals surface area contributed by atoms with Crippen molar-refractivity contribution in [3.63, 3.8) is 0 Å². The standard InChI is InChI=1S/C8H7O2.3CH3.Sn/c9-8(10)6-7-4-2-1-3-5-7;;;;/h1-2,4-5H,6H2,(H,9,10);3*1H3;. The van der Waals surface area contributed by atoms with Crippen LogP contribution in [0.2, 0.25) is 14.8 Å². The zero-order valence-electron chi connectivity index (χ0n) is 8.87. The molecule has 1 rings (SSSR count). The van der Waals surface area contributed by atoms with Gasteiger partial charge in [0.1, 0.15) is 0 Å². The van der Waals surface area contributed by atoms with Crippen LogP contribution in [0.3, 0.4) is 0 Å². The van der Waals surface area contributed by atoms with E-state index in [9.17, 15) is 4.79 Å². The average molecular weight is 299 g/mol. The van der Waals surface area contributed by atoms with Crippen LogP contribution in [0, 0.1) is 0 Å². The fourth-order valence-corrected chi connectivity index (χ4v) is 4.79. The first-order valence-electron chi connectivity index (χ1n) is 4.71. The predicted octanol–water partition coefficient (Wildman–Crippen LogP) is 1.86. The number of rotatable bonds is 3. The normalized spacial score (nSPS) is 11.4. The molecule has 0 saturated heterocycles. The topological polar surface area (TPSA) is 37.3 Å². The molecule has 0 aliphatic carbocycles. The van der Waals surface area contributed by atoms with Gasteiger partial charge in [0, 0.05) is 0 Å². The van der Waals surface area contributed by atoms with E-state index in [-0.39, 0.29) is 6.42 Å². The summed E-state index contributed by atoms with van der Waals surface area (Å²) >= 11 is -2.02. The van der Waals surface area contributed by atoms with Gasteiger partial charge in [0.25, 0.3) is 0 Å². The van der Waals surface area contributed by atoms with Crippen molar-refractivity contribution in [1.82, 2.24) is 0 Å². The first-order chi connectivity index (χ1) is 6.39. The van der Waals surface area contributed by atoms with Gasteiger partial charge in [-0.05, 0) is 0 Å². The van der Waals surface area contributed by atoms with Crippen LogP contribution in [-0.4, -0.2) is 29.5 Å². The molecule has 14 heavy (non-hydrogen) atoms. The quantitative estimate of drug-likeness (QED) is 0.865. The molecule has 0 aromatic heterocycles. The van der Waals surface area contributed by atoms with E-state index in [1.54, 1.807) is 0 Å². The average Bonchev–Trinajstić information content (AvgIpc) is 2.01. The Bertz CT molecular complexity index is 339. The molecule has 0 atom stereocenters. The van der Waals surface area contributed by atoms with E-state index in [1.165, 1.54) is 3.58 Å². The second-order valence-corrected chi connectivity index (χ2v) is 19.0. The Hall–Kier alpha value is -0.511. The van der Waals surface area contributed by atoms with Crippen molar-refractivity contribution in [2.24, 2.45) is 0 Å². The maximum absolute atomic E-state index is 10.5. The molecule has 2 nitrogen and oxygen atoms in total. The summed E-state index contributed by atoms with van der Waals surface area (Å²) in [6.07, 6.45) is 0.135. The Balaban J connectivity index is 2.95. The fraction of sp³-hybridized carbons (Fsp3) is 0.364. The molecule has 0 radical (unpaired) electrons. The Kier molecular flexibility index (Phi) is 3.58. The molecule has 0 fully saturated rings. The van der Waals surface area contributed by atoms with Crippen LogP contribution < -0.4 is 3.58 Å². The van der Waals surface area contributed by atoms with Crippen molar-refractivity contribution in [2.45, 2.75) is 21.2 Å². The van der Waals surface area contributed by atoms with Crippen molar-refractivity contribution in [1.29, 1.82) is 0 Å². The molecule has 1 aromatic carbocycles. The van der Waals surface area contributed by atoms with Gasteiger partial charge in [-0.25, -0.2) is 0 Å². The molecule has 0 saturated carbocycles. The van der Waals surface area contributed by atoms with E-state index in [4.69, 9.17) is 5.11 Å². The van der Waals surface area contributed by atoms with Crippen LogP contribution in [0.15, 0.2) is 24.3 Å². The maximum atomic E-state index is 10.5. The zero-order valence-corrected chi connectivity index (χ0v) is 11.7. The Morgan fingerprint density at radius 2 is 2.00 bits per heavy atom. The van der Waals surface area contributed by atoms with Crippen LogP contribution in [0.25, 0.3) is 0 Å². The number of hydrogen-bond acceptors (Lipinski definition) is 1. The molecule has 76 valence electrons. The van der Waals surface area contributed by atoms with Crippen LogP contribution in [0.5, 0.6) is 0 Å². The van der Waals surface area contributed by atoms with Crippen molar-refractivity contribution in [2.75, 3.05) is 0 Å². The third-order valence-corrected chi connectivity index (χ3v) is 7.98. The van der Waals surface area contributed by atoms with Gasteiger partial charge in [-0.3, -0.25) is 0 Å². The summed E-state index contributed by atoms with van der Waals surface area (Å²) in [5, 5.41) is 8.68. The van der Waals surface area contributed by atoms with E-state index >= 15 is 0 Å². The molecule has 1 N–H and O–H groups in total. The number of carboxylic acid groups (broad SMARTS) is 1. The van der Waals surface area contributed by atoms with E-state index in [2.05, 4.69) is 27.0 Å². The summed E-state index contributed by atoms with van der Waals surface area (Å²) in [5.41, 5.74) is 0.918. The first-order valence-corrected chi connectivity index (χ1v) is 14.7. The Labute approximate surface area is 88.8 Å². The van der Waals surface area contributed by atoms with Crippen molar-refractivity contribution < 1.29 is 9.90 Å². The number of hydrogen-bond donors (Lipinski definition) is 1. The summed E-state index contributed by atoms with van der Waals surface area (Å²) < 4.78 is 1.39. The predicted molar refractivity (Wildman–Crippen MR) is 60.8 cm³/mol. The van der Waals surface area contributed by atoms with E-state index in [1.807, 2.05) is 12.1 Å². The van der Waals surface area contributed by atoms with Gasteiger partial charge in [-0.1, -0.05) is 0 Å². The van der Waals surface area contributed by atoms with Crippen molar-refractivity contribution in [3.05, 3.63) is 29.8 Å². The summed E-state index contributed by atoms with van der Waals surface area (Å²) in [7, 11) is 0. The Morgan fingerprint density at radius 3 is 2.50 bits per heavy atom. The van der Waals surface area contributed by atoms with E-state index < -0.39 is 24.3 Å². The fourth-order valence-electron chi connectivity index (χ4n) is 1.32. The van der Waals surface area contributed by atoms with E-state index in [0.29, 0.717) is 0 Å². The van der Waals surface area contributed by atoms with Gasteiger partial charge >= 0.3 is 88.9 Å². The van der Waals surface area contributed by atoms with Gasteiger partial charge in [-0.2, -0.15) is 0 Å². The Morgan fingerprint density at radius 1 is 1.36 bits per heavy atom. The number of carboxylic acids is 1. The number of carbonyl (C=O) groups is 1. The van der Waals surface area contributed by atoms with Gasteiger partial charge < -0.3 is 0 Å². The third kappa shape index (κ3) is 3.33. The number of benzene rings is 1. The van der Waals surface area contributed by atoms with Gasteiger partial charge in [0.15, 0.2) is 0 Å². The molecule has 0 spiro atoms. The minimum atomic E-state index is -2.02. The summed E-state index contributed by atoms with van der Waals surface area (Å²) in [5.74, 6) is -0.758. The summed E-state index contributed by atoms with van der Waals surface area (Å²) in [6, 6.07) is 8.04. The second kappa shape index (κ2) is 4.34. The zero-order chi connectivity index (χ0) is 10.8. The molecular weight excluding hydrogens is 283 g/mol. The minimum absolute atomic E-state index is 0.135. The molecule has 1 aromatic rings. The van der Waals surface area contributed by atoms with Gasteiger partial charge in [0.05, 0.1) is 0 Å². The number of aliphatic carboxylic acids is 1. The van der Waals surface area contributed by atoms with Crippen LogP contribution in [0.4, 0.5) is 0 Å². The monoisotopic (exact) mass is 300 g/mol. The molecule has 0 unspecified atom stereocenters. The molecule has 3 heteroatoms. The van der Waals surface area contributed by atoms with Crippen molar-refractivity contribution in [3.8, 4) is 0 Å². The SMILES string of the molecule is [CH3][Sn]([CH3])([CH3])[c]1cccc(CC(=O)O)c1. The van der Waals surface area contributed by atoms with Crippen LogP contribution in [-0.2, 0) is 11.2 Å². The summed E-state index contributed by atoms with van der Waals surface area (Å²) in [6.45, 7) is 0. The van der Waals surface area contributed by atoms with Crippen LogP contribution >= 0.6 is 0 Å². The van der Waals surface area contributed by atoms with Gasteiger partial charge in [0.2, 0.25) is 0 Å². The molecule has 0 aliphatic rings. The second-order valence-electron chi connectivity index (χ2n) is 4.52. The molecule has 0 bridgehead atoms. The third-order valence-electron chi connectivity index (χ3n) is 2.15. The van der Waals surface area contributed by atoms with Gasteiger partial charge in [-0.15, -0.1) is 0 Å². The first kappa shape index (κ1) is 11.6. The molecular formula is C11H16O2Sn. The van der Waals surface area contributed by atoms with Crippen molar-refractivity contribution >= 4 is 27.9 Å². The summed E-state index contributed by atoms with van der Waals surface area (Å²) in [4.78, 5) is 17.5. The molecule has 0 heterocycles. The molecule has 0 aliphatic heterocycles. The van der Waals surface area contributed by atoms with Crippen LogP contribution in [0.1, 0.15) is 5.56 Å².